The Morgan fingerprint density at radius 1 is 1.38 bits per heavy atom. The number of nitrogens with one attached hydrogen (secondary N) is 1. The number of fused-ring (bicyclic) bond motifs is 1. The van der Waals surface area contributed by atoms with Gasteiger partial charge in [-0.2, -0.15) is 0 Å². The predicted octanol–water partition coefficient (Wildman–Crippen LogP) is 1.90. The maximum Gasteiger partial charge on any atom is 0.240 e. The lowest BCUT2D eigenvalue weighted by Gasteiger charge is -2.27. The summed E-state index contributed by atoms with van der Waals surface area (Å²) in [6.45, 7) is 0.524. The molecule has 0 radical (unpaired) electrons. The number of aromatic nitrogens is 1. The van der Waals surface area contributed by atoms with E-state index in [-0.39, 0.29) is 18.4 Å². The van der Waals surface area contributed by atoms with Gasteiger partial charge in [-0.3, -0.25) is 14.5 Å². The van der Waals surface area contributed by atoms with Crippen molar-refractivity contribution < 1.29 is 9.59 Å². The molecule has 7 heteroatoms. The smallest absolute Gasteiger partial charge is 0.240 e. The molecule has 0 aromatic carbocycles. The van der Waals surface area contributed by atoms with Crippen molar-refractivity contribution in [2.75, 3.05) is 17.2 Å². The molecule has 2 aromatic rings. The van der Waals surface area contributed by atoms with E-state index < -0.39 is 0 Å². The normalized spacial score (nSPS) is 13.9. The van der Waals surface area contributed by atoms with E-state index in [1.165, 1.54) is 16.7 Å². The van der Waals surface area contributed by atoms with Crippen LogP contribution >= 0.6 is 23.1 Å². The molecule has 0 bridgehead atoms. The first-order valence-corrected chi connectivity index (χ1v) is 8.28. The molecule has 1 aliphatic rings. The Labute approximate surface area is 130 Å². The highest BCUT2D eigenvalue weighted by Gasteiger charge is 2.26. The van der Waals surface area contributed by atoms with Gasteiger partial charge in [0.25, 0.3) is 0 Å². The third-order valence-corrected chi connectivity index (χ3v) is 4.87. The summed E-state index contributed by atoms with van der Waals surface area (Å²) in [4.78, 5) is 30.9. The summed E-state index contributed by atoms with van der Waals surface area (Å²) in [6.07, 6.45) is 1.69. The van der Waals surface area contributed by atoms with E-state index in [0.29, 0.717) is 18.0 Å². The second kappa shape index (κ2) is 6.28. The number of anilines is 1. The lowest BCUT2D eigenvalue weighted by atomic mass is 10.3. The quantitative estimate of drug-likeness (QED) is 0.935. The standard InChI is InChI=1S/C14H13N3O2S2/c18-12(16-7-10-3-2-6-20-10)8-17-11-4-1-5-15-14(11)21-9-13(17)19/h1-6H,7-9H2,(H,16,18). The zero-order valence-electron chi connectivity index (χ0n) is 11.1. The van der Waals surface area contributed by atoms with E-state index in [2.05, 4.69) is 10.3 Å². The SMILES string of the molecule is O=C(CN1C(=O)CSc2ncccc21)NCc1cccs1. The summed E-state index contributed by atoms with van der Waals surface area (Å²) in [7, 11) is 0. The molecule has 108 valence electrons. The largest absolute Gasteiger partial charge is 0.350 e. The number of hydrogen-bond acceptors (Lipinski definition) is 5. The number of carbonyl (C=O) groups is 2. The molecule has 3 rings (SSSR count). The minimum Gasteiger partial charge on any atom is -0.350 e. The van der Waals surface area contributed by atoms with Gasteiger partial charge >= 0.3 is 0 Å². The van der Waals surface area contributed by atoms with Gasteiger partial charge in [0.1, 0.15) is 11.6 Å². The zero-order chi connectivity index (χ0) is 14.7. The molecule has 0 saturated heterocycles. The maximum absolute atomic E-state index is 12.0. The molecule has 5 nitrogen and oxygen atoms in total. The summed E-state index contributed by atoms with van der Waals surface area (Å²) in [6, 6.07) is 7.50. The van der Waals surface area contributed by atoms with Crippen molar-refractivity contribution >= 4 is 40.6 Å². The molecule has 2 aromatic heterocycles. The van der Waals surface area contributed by atoms with E-state index in [9.17, 15) is 9.59 Å². The third-order valence-electron chi connectivity index (χ3n) is 3.02. The fourth-order valence-electron chi connectivity index (χ4n) is 2.01. The molecule has 0 fully saturated rings. The average Bonchev–Trinajstić information content (AvgIpc) is 3.01. The summed E-state index contributed by atoms with van der Waals surface area (Å²) < 4.78 is 0. The summed E-state index contributed by atoms with van der Waals surface area (Å²) in [5, 5.41) is 5.60. The van der Waals surface area contributed by atoms with Crippen LogP contribution in [0.2, 0.25) is 0 Å². The molecule has 0 atom stereocenters. The van der Waals surface area contributed by atoms with E-state index in [1.807, 2.05) is 23.6 Å². The molecule has 0 aliphatic carbocycles. The molecule has 0 saturated carbocycles. The Balaban J connectivity index is 1.66. The maximum atomic E-state index is 12.0. The van der Waals surface area contributed by atoms with Gasteiger partial charge in [0, 0.05) is 11.1 Å². The Morgan fingerprint density at radius 2 is 2.29 bits per heavy atom. The van der Waals surface area contributed by atoms with Crippen LogP contribution in [0.5, 0.6) is 0 Å². The van der Waals surface area contributed by atoms with Gasteiger partial charge in [-0.25, -0.2) is 4.98 Å². The molecule has 1 aliphatic heterocycles. The van der Waals surface area contributed by atoms with Crippen molar-refractivity contribution in [3.05, 3.63) is 40.7 Å². The molecule has 2 amide bonds. The van der Waals surface area contributed by atoms with Gasteiger partial charge in [-0.05, 0) is 23.6 Å². The zero-order valence-corrected chi connectivity index (χ0v) is 12.7. The van der Waals surface area contributed by atoms with Crippen LogP contribution in [0, 0.1) is 0 Å². The highest BCUT2D eigenvalue weighted by molar-refractivity contribution is 8.00. The van der Waals surface area contributed by atoms with Crippen molar-refractivity contribution in [2.24, 2.45) is 0 Å². The number of nitrogens with zero attached hydrogens (tertiary/aromatic N) is 2. The first-order chi connectivity index (χ1) is 10.2. The Kier molecular flexibility index (Phi) is 4.21. The van der Waals surface area contributed by atoms with Crippen molar-refractivity contribution in [1.29, 1.82) is 0 Å². The van der Waals surface area contributed by atoms with Crippen molar-refractivity contribution in [3.8, 4) is 0 Å². The lowest BCUT2D eigenvalue weighted by Crippen LogP contribution is -2.43. The van der Waals surface area contributed by atoms with E-state index in [1.54, 1.807) is 23.6 Å². The number of pyridine rings is 1. The lowest BCUT2D eigenvalue weighted by molar-refractivity contribution is -0.123. The van der Waals surface area contributed by atoms with Crippen LogP contribution in [0.1, 0.15) is 4.88 Å². The second-order valence-corrected chi connectivity index (χ2v) is 6.45. The van der Waals surface area contributed by atoms with Gasteiger partial charge in [0.2, 0.25) is 11.8 Å². The molecule has 0 unspecified atom stereocenters. The molecule has 1 N–H and O–H groups in total. The van der Waals surface area contributed by atoms with Gasteiger partial charge in [0.15, 0.2) is 0 Å². The Morgan fingerprint density at radius 3 is 3.10 bits per heavy atom. The van der Waals surface area contributed by atoms with Gasteiger partial charge in [-0.1, -0.05) is 17.8 Å². The molecule has 21 heavy (non-hydrogen) atoms. The number of thiophene rings is 1. The monoisotopic (exact) mass is 319 g/mol. The molecular formula is C14H13N3O2S2. The third kappa shape index (κ3) is 3.25. The summed E-state index contributed by atoms with van der Waals surface area (Å²) in [5.74, 6) is 0.0904. The molecule has 0 spiro atoms. The van der Waals surface area contributed by atoms with E-state index in [4.69, 9.17) is 0 Å². The van der Waals surface area contributed by atoms with E-state index >= 15 is 0 Å². The Bertz CT molecular complexity index is 658. The predicted molar refractivity (Wildman–Crippen MR) is 83.5 cm³/mol. The van der Waals surface area contributed by atoms with Crippen LogP contribution in [0.4, 0.5) is 5.69 Å². The fraction of sp³-hybridized carbons (Fsp3) is 0.214. The number of hydrogen-bond donors (Lipinski definition) is 1. The van der Waals surface area contributed by atoms with Crippen LogP contribution in [0.3, 0.4) is 0 Å². The highest BCUT2D eigenvalue weighted by Crippen LogP contribution is 2.32. The van der Waals surface area contributed by atoms with Gasteiger partial charge in [0.05, 0.1) is 18.0 Å². The number of thioether (sulfide) groups is 1. The second-order valence-electron chi connectivity index (χ2n) is 4.45. The molecular weight excluding hydrogens is 306 g/mol. The van der Waals surface area contributed by atoms with Crippen LogP contribution in [0.25, 0.3) is 0 Å². The van der Waals surface area contributed by atoms with Crippen LogP contribution < -0.4 is 10.2 Å². The Hall–Kier alpha value is -1.86. The average molecular weight is 319 g/mol. The van der Waals surface area contributed by atoms with Gasteiger partial charge < -0.3 is 5.32 Å². The summed E-state index contributed by atoms with van der Waals surface area (Å²) >= 11 is 3.00. The van der Waals surface area contributed by atoms with Crippen molar-refractivity contribution in [2.45, 2.75) is 11.6 Å². The first-order valence-electron chi connectivity index (χ1n) is 6.41. The van der Waals surface area contributed by atoms with Crippen molar-refractivity contribution in [1.82, 2.24) is 10.3 Å². The minimum atomic E-state index is -0.168. The summed E-state index contributed by atoms with van der Waals surface area (Å²) in [5.41, 5.74) is 0.713. The fourth-order valence-corrected chi connectivity index (χ4v) is 3.54. The highest BCUT2D eigenvalue weighted by atomic mass is 32.2. The number of amides is 2. The van der Waals surface area contributed by atoms with Crippen LogP contribution in [0.15, 0.2) is 40.9 Å². The van der Waals surface area contributed by atoms with Crippen molar-refractivity contribution in [3.63, 3.8) is 0 Å². The first kappa shape index (κ1) is 14.1. The molecule has 3 heterocycles. The minimum absolute atomic E-state index is 0.0312. The van der Waals surface area contributed by atoms with Crippen LogP contribution in [-0.4, -0.2) is 29.1 Å². The van der Waals surface area contributed by atoms with Crippen LogP contribution in [-0.2, 0) is 16.1 Å². The number of carbonyl (C=O) groups excluding carboxylic acids is 2. The number of rotatable bonds is 4. The topological polar surface area (TPSA) is 62.3 Å². The van der Waals surface area contributed by atoms with Gasteiger partial charge in [-0.15, -0.1) is 11.3 Å². The van der Waals surface area contributed by atoms with E-state index in [0.717, 1.165) is 9.90 Å².